The van der Waals surface area contributed by atoms with Crippen LogP contribution in [-0.2, 0) is 0 Å². The van der Waals surface area contributed by atoms with Crippen molar-refractivity contribution in [2.24, 2.45) is 5.10 Å². The van der Waals surface area contributed by atoms with Crippen molar-refractivity contribution in [1.29, 1.82) is 0 Å². The van der Waals surface area contributed by atoms with Crippen LogP contribution in [-0.4, -0.2) is 16.7 Å². The van der Waals surface area contributed by atoms with Gasteiger partial charge in [0.25, 0.3) is 5.91 Å². The van der Waals surface area contributed by atoms with Crippen LogP contribution in [0.1, 0.15) is 27.5 Å². The number of furan rings is 1. The van der Waals surface area contributed by atoms with Crippen molar-refractivity contribution < 1.29 is 9.21 Å². The highest BCUT2D eigenvalue weighted by Gasteiger charge is 2.12. The molecule has 31 heavy (non-hydrogen) atoms. The first-order valence-corrected chi connectivity index (χ1v) is 10.3. The number of hydrazone groups is 1. The predicted molar refractivity (Wildman–Crippen MR) is 124 cm³/mol. The van der Waals surface area contributed by atoms with E-state index in [-0.39, 0.29) is 0 Å². The number of nitrogens with zero attached hydrogens (tertiary/aromatic N) is 2. The summed E-state index contributed by atoms with van der Waals surface area (Å²) in [5.74, 6) is 0.746. The Labute approximate surface area is 189 Å². The summed E-state index contributed by atoms with van der Waals surface area (Å²) in [5, 5.41) is 4.95. The number of nitrogens with one attached hydrogen (secondary N) is 1. The second kappa shape index (κ2) is 8.84. The van der Waals surface area contributed by atoms with Crippen molar-refractivity contribution in [3.63, 3.8) is 0 Å². The number of aromatic nitrogens is 1. The number of hydrogen-bond donors (Lipinski definition) is 1. The first kappa shape index (κ1) is 21.0. The van der Waals surface area contributed by atoms with Crippen molar-refractivity contribution in [3.05, 3.63) is 99.5 Å². The third kappa shape index (κ3) is 4.58. The van der Waals surface area contributed by atoms with E-state index in [9.17, 15) is 4.79 Å². The van der Waals surface area contributed by atoms with Crippen LogP contribution in [0.25, 0.3) is 17.0 Å². The second-order valence-corrected chi connectivity index (χ2v) is 7.87. The van der Waals surface area contributed by atoms with E-state index in [1.54, 1.807) is 24.3 Å². The van der Waals surface area contributed by atoms with Crippen molar-refractivity contribution in [2.45, 2.75) is 13.8 Å². The van der Waals surface area contributed by atoms with Gasteiger partial charge in [-0.3, -0.25) is 4.79 Å². The molecular weight excluding hydrogens is 433 g/mol. The minimum atomic E-state index is -0.407. The fourth-order valence-corrected chi connectivity index (χ4v) is 3.79. The van der Waals surface area contributed by atoms with Crippen LogP contribution in [0.4, 0.5) is 0 Å². The summed E-state index contributed by atoms with van der Waals surface area (Å²) in [4.78, 5) is 12.5. The summed E-state index contributed by atoms with van der Waals surface area (Å²) in [7, 11) is 0. The average molecular weight is 452 g/mol. The van der Waals surface area contributed by atoms with Gasteiger partial charge in [-0.15, -0.1) is 0 Å². The Morgan fingerprint density at radius 3 is 2.48 bits per heavy atom. The first-order chi connectivity index (χ1) is 14.9. The third-order valence-electron chi connectivity index (χ3n) is 4.82. The Hall–Kier alpha value is -3.28. The fraction of sp³-hybridized carbons (Fsp3) is 0.0833. The van der Waals surface area contributed by atoms with E-state index in [1.165, 1.54) is 6.21 Å². The van der Waals surface area contributed by atoms with Gasteiger partial charge in [0.15, 0.2) is 0 Å². The lowest BCUT2D eigenvalue weighted by atomic mass is 10.2. The molecule has 0 atom stereocenters. The molecule has 5 nitrogen and oxygen atoms in total. The minimum Gasteiger partial charge on any atom is -0.455 e. The first-order valence-electron chi connectivity index (χ1n) is 9.56. The molecule has 4 aromatic rings. The molecule has 2 aromatic heterocycles. The number of hydrogen-bond acceptors (Lipinski definition) is 3. The Balaban J connectivity index is 1.45. The molecule has 1 N–H and O–H groups in total. The molecular formula is C24H19Cl2N3O2. The van der Waals surface area contributed by atoms with Crippen molar-refractivity contribution in [2.75, 3.05) is 0 Å². The van der Waals surface area contributed by atoms with E-state index < -0.39 is 5.91 Å². The Morgan fingerprint density at radius 1 is 1.00 bits per heavy atom. The third-order valence-corrected chi connectivity index (χ3v) is 5.37. The van der Waals surface area contributed by atoms with Crippen molar-refractivity contribution in [3.8, 4) is 17.0 Å². The van der Waals surface area contributed by atoms with Crippen molar-refractivity contribution >= 4 is 35.3 Å². The van der Waals surface area contributed by atoms with Gasteiger partial charge in [-0.05, 0) is 68.4 Å². The molecule has 0 fully saturated rings. The molecule has 2 heterocycles. The van der Waals surface area contributed by atoms with E-state index in [1.807, 2.05) is 56.3 Å². The lowest BCUT2D eigenvalue weighted by Crippen LogP contribution is -2.18. The standard InChI is InChI=1S/C24H19Cl2N3O2/c1-15-6-7-16(2)29(15)19-8-10-21(22(26)13-19)24(30)28-27-14-20-9-11-23(31-20)17-4-3-5-18(25)12-17/h3-14H,1-2H3,(H,28,30)/b27-14+. The van der Waals surface area contributed by atoms with E-state index in [4.69, 9.17) is 27.6 Å². The lowest BCUT2D eigenvalue weighted by Gasteiger charge is -2.11. The fourth-order valence-electron chi connectivity index (χ4n) is 3.34. The van der Waals surface area contributed by atoms with Crippen LogP contribution in [0.2, 0.25) is 10.0 Å². The van der Waals surface area contributed by atoms with Gasteiger partial charge in [-0.25, -0.2) is 5.43 Å². The molecule has 0 aliphatic carbocycles. The van der Waals surface area contributed by atoms with E-state index in [2.05, 4.69) is 15.1 Å². The van der Waals surface area contributed by atoms with Crippen LogP contribution < -0.4 is 5.43 Å². The van der Waals surface area contributed by atoms with Gasteiger partial charge < -0.3 is 8.98 Å². The predicted octanol–water partition coefficient (Wildman–Crippen LogP) is 6.42. The maximum absolute atomic E-state index is 12.5. The van der Waals surface area contributed by atoms with Gasteiger partial charge in [0, 0.05) is 27.7 Å². The summed E-state index contributed by atoms with van der Waals surface area (Å²) in [6, 6.07) is 20.3. The van der Waals surface area contributed by atoms with E-state index in [0.717, 1.165) is 22.6 Å². The highest BCUT2D eigenvalue weighted by atomic mass is 35.5. The summed E-state index contributed by atoms with van der Waals surface area (Å²) < 4.78 is 7.80. The van der Waals surface area contributed by atoms with Gasteiger partial charge in [0.05, 0.1) is 16.8 Å². The lowest BCUT2D eigenvalue weighted by molar-refractivity contribution is 0.0955. The van der Waals surface area contributed by atoms with Gasteiger partial charge in [0.1, 0.15) is 11.5 Å². The quantitative estimate of drug-likeness (QED) is 0.280. The number of amides is 1. The minimum absolute atomic E-state index is 0.337. The van der Waals surface area contributed by atoms with Crippen LogP contribution >= 0.6 is 23.2 Å². The topological polar surface area (TPSA) is 59.5 Å². The Bertz CT molecular complexity index is 1270. The second-order valence-electron chi connectivity index (χ2n) is 7.03. The maximum Gasteiger partial charge on any atom is 0.272 e. The van der Waals surface area contributed by atoms with Crippen molar-refractivity contribution in [1.82, 2.24) is 9.99 Å². The van der Waals surface area contributed by atoms with E-state index in [0.29, 0.717) is 27.1 Å². The van der Waals surface area contributed by atoms with Gasteiger partial charge >= 0.3 is 0 Å². The largest absolute Gasteiger partial charge is 0.455 e. The number of carbonyl (C=O) groups excluding carboxylic acids is 1. The summed E-state index contributed by atoms with van der Waals surface area (Å²) in [6.07, 6.45) is 1.43. The zero-order valence-corrected chi connectivity index (χ0v) is 18.4. The summed E-state index contributed by atoms with van der Waals surface area (Å²) >= 11 is 12.4. The summed E-state index contributed by atoms with van der Waals surface area (Å²) in [5.41, 5.74) is 6.75. The highest BCUT2D eigenvalue weighted by Crippen LogP contribution is 2.25. The molecule has 156 valence electrons. The molecule has 0 aliphatic heterocycles. The van der Waals surface area contributed by atoms with Gasteiger partial charge in [0.2, 0.25) is 0 Å². The van der Waals surface area contributed by atoms with Gasteiger partial charge in [-0.2, -0.15) is 5.10 Å². The smallest absolute Gasteiger partial charge is 0.272 e. The monoisotopic (exact) mass is 451 g/mol. The van der Waals surface area contributed by atoms with E-state index >= 15 is 0 Å². The number of halogens is 2. The zero-order chi connectivity index (χ0) is 22.0. The molecule has 0 bridgehead atoms. The molecule has 0 radical (unpaired) electrons. The molecule has 4 rings (SSSR count). The van der Waals surface area contributed by atoms with Gasteiger partial charge in [-0.1, -0.05) is 35.3 Å². The molecule has 0 spiro atoms. The SMILES string of the molecule is Cc1ccc(C)n1-c1ccc(C(=O)N/N=C/c2ccc(-c3cccc(Cl)c3)o2)c(Cl)c1. The van der Waals surface area contributed by atoms with Crippen LogP contribution in [0.5, 0.6) is 0 Å². The maximum atomic E-state index is 12.5. The molecule has 2 aromatic carbocycles. The molecule has 0 aliphatic rings. The average Bonchev–Trinajstić information content (AvgIpc) is 3.34. The number of benzene rings is 2. The summed E-state index contributed by atoms with van der Waals surface area (Å²) in [6.45, 7) is 4.03. The van der Waals surface area contributed by atoms with Crippen LogP contribution in [0.3, 0.4) is 0 Å². The number of aryl methyl sites for hydroxylation is 2. The Kier molecular flexibility index (Phi) is 5.98. The van der Waals surface area contributed by atoms with Crippen LogP contribution in [0.15, 0.2) is 76.2 Å². The molecule has 0 saturated carbocycles. The highest BCUT2D eigenvalue weighted by molar-refractivity contribution is 6.34. The normalized spacial score (nSPS) is 11.2. The molecule has 0 unspecified atom stereocenters. The number of rotatable bonds is 5. The molecule has 0 saturated heterocycles. The molecule has 7 heteroatoms. The van der Waals surface area contributed by atoms with Crippen LogP contribution in [0, 0.1) is 13.8 Å². The Morgan fingerprint density at radius 2 is 1.77 bits per heavy atom. The zero-order valence-electron chi connectivity index (χ0n) is 16.9. The molecule has 1 amide bonds. The number of carbonyl (C=O) groups is 1.